The topological polar surface area (TPSA) is 64.2 Å². The number of nitrogens with two attached hydrogens (primary N) is 1. The molecule has 1 amide bonds. The number of amides is 1. The highest BCUT2D eigenvalue weighted by atomic mass is 35.5. The highest BCUT2D eigenvalue weighted by Crippen LogP contribution is 2.43. The van der Waals surface area contributed by atoms with E-state index in [1.165, 1.54) is 0 Å². The van der Waals surface area contributed by atoms with Gasteiger partial charge in [-0.1, -0.05) is 17.7 Å². The third-order valence-corrected chi connectivity index (χ3v) is 6.38. The lowest BCUT2D eigenvalue weighted by Crippen LogP contribution is -2.42. The van der Waals surface area contributed by atoms with Crippen LogP contribution in [0, 0.1) is 12.8 Å². The van der Waals surface area contributed by atoms with Gasteiger partial charge < -0.3 is 10.6 Å². The van der Waals surface area contributed by atoms with Gasteiger partial charge in [0.25, 0.3) is 5.91 Å². The van der Waals surface area contributed by atoms with Crippen LogP contribution in [-0.4, -0.2) is 39.7 Å². The van der Waals surface area contributed by atoms with Crippen molar-refractivity contribution in [2.24, 2.45) is 11.7 Å². The number of nitrogens with zero attached hydrogens (tertiary/aromatic N) is 3. The van der Waals surface area contributed by atoms with Crippen LogP contribution >= 0.6 is 24.0 Å². The Morgan fingerprint density at radius 2 is 1.93 bits per heavy atom. The highest BCUT2D eigenvalue weighted by molar-refractivity contribution is 6.31. The molecule has 1 unspecified atom stereocenters. The summed E-state index contributed by atoms with van der Waals surface area (Å²) >= 11 is 6.32. The van der Waals surface area contributed by atoms with Crippen molar-refractivity contribution in [1.29, 1.82) is 0 Å². The Labute approximate surface area is 177 Å². The number of aryl methyl sites for hydroxylation is 1. The molecule has 0 spiro atoms. The van der Waals surface area contributed by atoms with Crippen molar-refractivity contribution in [1.82, 2.24) is 14.7 Å². The van der Waals surface area contributed by atoms with Crippen molar-refractivity contribution < 1.29 is 4.79 Å². The van der Waals surface area contributed by atoms with E-state index in [4.69, 9.17) is 17.3 Å². The lowest BCUT2D eigenvalue weighted by Gasteiger charge is -2.33. The second-order valence-electron chi connectivity index (χ2n) is 8.05. The molecule has 2 aliphatic rings. The van der Waals surface area contributed by atoms with Crippen molar-refractivity contribution in [3.8, 4) is 5.69 Å². The number of benzene rings is 1. The number of carbonyl (C=O) groups excluding carboxylic acids is 1. The fourth-order valence-corrected chi connectivity index (χ4v) is 4.17. The molecule has 2 aromatic rings. The molecule has 4 rings (SSSR count). The molecule has 5 nitrogen and oxygen atoms in total. The van der Waals surface area contributed by atoms with Crippen molar-refractivity contribution >= 4 is 29.9 Å². The number of piperidine rings is 1. The maximum atomic E-state index is 13.2. The quantitative estimate of drug-likeness (QED) is 0.796. The van der Waals surface area contributed by atoms with E-state index in [9.17, 15) is 4.79 Å². The first-order valence-electron chi connectivity index (χ1n) is 9.85. The van der Waals surface area contributed by atoms with Gasteiger partial charge in [0.15, 0.2) is 0 Å². The van der Waals surface area contributed by atoms with Crippen molar-refractivity contribution in [2.75, 3.05) is 13.1 Å². The minimum absolute atomic E-state index is 0. The zero-order valence-electron chi connectivity index (χ0n) is 16.4. The van der Waals surface area contributed by atoms with E-state index in [1.807, 2.05) is 34.7 Å². The van der Waals surface area contributed by atoms with Crippen LogP contribution < -0.4 is 5.73 Å². The number of hydrogen-bond donors (Lipinski definition) is 1. The van der Waals surface area contributed by atoms with Crippen molar-refractivity contribution in [2.45, 2.75) is 51.5 Å². The number of likely N-dealkylation sites (tertiary alicyclic amines) is 1. The predicted octanol–water partition coefficient (Wildman–Crippen LogP) is 4.33. The maximum Gasteiger partial charge on any atom is 0.257 e. The van der Waals surface area contributed by atoms with Crippen LogP contribution in [-0.2, 0) is 0 Å². The third kappa shape index (κ3) is 4.07. The lowest BCUT2D eigenvalue weighted by atomic mass is 9.90. The summed E-state index contributed by atoms with van der Waals surface area (Å²) in [5.74, 6) is 1.02. The second-order valence-corrected chi connectivity index (χ2v) is 8.46. The van der Waals surface area contributed by atoms with E-state index < -0.39 is 0 Å². The summed E-state index contributed by atoms with van der Waals surface area (Å²) in [6, 6.07) is 6.13. The number of aromatic nitrogens is 2. The zero-order valence-corrected chi connectivity index (χ0v) is 18.0. The number of rotatable bonds is 4. The van der Waals surface area contributed by atoms with Gasteiger partial charge in [0.05, 0.1) is 23.1 Å². The molecule has 1 aromatic heterocycles. The van der Waals surface area contributed by atoms with E-state index in [2.05, 4.69) is 12.0 Å². The molecule has 1 saturated carbocycles. The first-order valence-corrected chi connectivity index (χ1v) is 10.2. The van der Waals surface area contributed by atoms with E-state index in [1.54, 1.807) is 6.20 Å². The van der Waals surface area contributed by atoms with Gasteiger partial charge >= 0.3 is 0 Å². The van der Waals surface area contributed by atoms with Crippen LogP contribution in [0.25, 0.3) is 5.69 Å². The number of carbonyl (C=O) groups is 1. The SMILES string of the molecule is Cc1ccc(-n2ncc(C(=O)N3CCC(C(C)N)CC3)c2C2CC2)cc1Cl.Cl. The largest absolute Gasteiger partial charge is 0.339 e. The smallest absolute Gasteiger partial charge is 0.257 e. The standard InChI is InChI=1S/C21H27ClN4O.ClH/c1-13-3-6-17(11-19(13)22)26-20(16-4-5-16)18(12-24-26)21(27)25-9-7-15(8-10-25)14(2)23;/h3,6,11-12,14-16H,4-5,7-10,23H2,1-2H3;1H. The van der Waals surface area contributed by atoms with Gasteiger partial charge in [-0.2, -0.15) is 5.10 Å². The summed E-state index contributed by atoms with van der Waals surface area (Å²) < 4.78 is 1.91. The average Bonchev–Trinajstić information content (AvgIpc) is 3.41. The van der Waals surface area contributed by atoms with Gasteiger partial charge in [0.2, 0.25) is 0 Å². The average molecular weight is 423 g/mol. The van der Waals surface area contributed by atoms with Crippen LogP contribution in [0.5, 0.6) is 0 Å². The van der Waals surface area contributed by atoms with Gasteiger partial charge in [-0.15, -0.1) is 12.4 Å². The molecule has 0 radical (unpaired) electrons. The minimum atomic E-state index is 0. The Bertz CT molecular complexity index is 852. The van der Waals surface area contributed by atoms with Crippen LogP contribution in [0.4, 0.5) is 0 Å². The fourth-order valence-electron chi connectivity index (χ4n) is 3.99. The predicted molar refractivity (Wildman–Crippen MR) is 115 cm³/mol. The van der Waals surface area contributed by atoms with Gasteiger partial charge in [-0.25, -0.2) is 4.68 Å². The molecule has 1 atom stereocenters. The van der Waals surface area contributed by atoms with Crippen molar-refractivity contribution in [3.63, 3.8) is 0 Å². The van der Waals surface area contributed by atoms with Crippen LogP contribution in [0.1, 0.15) is 60.1 Å². The Kier molecular flexibility index (Phi) is 6.37. The lowest BCUT2D eigenvalue weighted by molar-refractivity contribution is 0.0679. The molecule has 1 aromatic carbocycles. The summed E-state index contributed by atoms with van der Waals surface area (Å²) in [4.78, 5) is 15.2. The summed E-state index contributed by atoms with van der Waals surface area (Å²) in [5.41, 5.74) is 9.77. The molecule has 1 aliphatic carbocycles. The van der Waals surface area contributed by atoms with E-state index in [0.29, 0.717) is 11.8 Å². The fraction of sp³-hybridized carbons (Fsp3) is 0.524. The maximum absolute atomic E-state index is 13.2. The normalized spacial score (nSPS) is 18.6. The van der Waals surface area contributed by atoms with Gasteiger partial charge in [-0.05, 0) is 63.1 Å². The summed E-state index contributed by atoms with van der Waals surface area (Å²) in [6.07, 6.45) is 5.91. The Balaban J connectivity index is 0.00000225. The van der Waals surface area contributed by atoms with Crippen LogP contribution in [0.3, 0.4) is 0 Å². The first-order chi connectivity index (χ1) is 13.0. The summed E-state index contributed by atoms with van der Waals surface area (Å²) in [7, 11) is 0. The Morgan fingerprint density at radius 3 is 2.50 bits per heavy atom. The molecule has 2 fully saturated rings. The van der Waals surface area contributed by atoms with Gasteiger partial charge in [-0.3, -0.25) is 4.79 Å². The van der Waals surface area contributed by atoms with E-state index >= 15 is 0 Å². The van der Waals surface area contributed by atoms with Gasteiger partial charge in [0.1, 0.15) is 0 Å². The van der Waals surface area contributed by atoms with E-state index in [-0.39, 0.29) is 24.4 Å². The first kappa shape index (κ1) is 21.2. The molecule has 2 N–H and O–H groups in total. The Morgan fingerprint density at radius 1 is 1.25 bits per heavy atom. The molecule has 1 aliphatic heterocycles. The molecule has 0 bridgehead atoms. The zero-order chi connectivity index (χ0) is 19.1. The minimum Gasteiger partial charge on any atom is -0.339 e. The summed E-state index contributed by atoms with van der Waals surface area (Å²) in [6.45, 7) is 5.59. The van der Waals surface area contributed by atoms with Gasteiger partial charge in [0, 0.05) is 30.1 Å². The molecule has 152 valence electrons. The second kappa shape index (κ2) is 8.44. The van der Waals surface area contributed by atoms with Crippen LogP contribution in [0.15, 0.2) is 24.4 Å². The molecule has 1 saturated heterocycles. The Hall–Kier alpha value is -1.56. The molecule has 2 heterocycles. The highest BCUT2D eigenvalue weighted by Gasteiger charge is 2.35. The third-order valence-electron chi connectivity index (χ3n) is 5.97. The van der Waals surface area contributed by atoms with Crippen molar-refractivity contribution in [3.05, 3.63) is 46.2 Å². The van der Waals surface area contributed by atoms with E-state index in [0.717, 1.165) is 66.3 Å². The number of halogens is 2. The molecular formula is C21H28Cl2N4O. The molecular weight excluding hydrogens is 395 g/mol. The molecule has 28 heavy (non-hydrogen) atoms. The monoisotopic (exact) mass is 422 g/mol. The summed E-state index contributed by atoms with van der Waals surface area (Å²) in [5, 5.41) is 5.29. The number of hydrogen-bond acceptors (Lipinski definition) is 3. The molecule has 7 heteroatoms. The van der Waals surface area contributed by atoms with Crippen LogP contribution in [0.2, 0.25) is 5.02 Å².